The lowest BCUT2D eigenvalue weighted by Gasteiger charge is -2.28. The molecule has 0 spiro atoms. The summed E-state index contributed by atoms with van der Waals surface area (Å²) in [7, 11) is 0. The largest absolute Gasteiger partial charge is 0.491 e. The molecule has 2 aromatic carbocycles. The van der Waals surface area contributed by atoms with Gasteiger partial charge in [0.05, 0.1) is 34.8 Å². The number of anilines is 2. The van der Waals surface area contributed by atoms with Gasteiger partial charge in [0.1, 0.15) is 17.5 Å². The van der Waals surface area contributed by atoms with E-state index in [0.29, 0.717) is 59.2 Å². The maximum Gasteiger partial charge on any atom is 0.417 e. The molecular formula is C31H29F4N7O2. The summed E-state index contributed by atoms with van der Waals surface area (Å²) in [6.07, 6.45) is -3.77. The fourth-order valence-corrected chi connectivity index (χ4v) is 5.13. The van der Waals surface area contributed by atoms with Crippen molar-refractivity contribution < 1.29 is 27.1 Å². The second-order valence-electron chi connectivity index (χ2n) is 10.9. The Bertz CT molecular complexity index is 1780. The summed E-state index contributed by atoms with van der Waals surface area (Å²) in [6.45, 7) is 6.76. The summed E-state index contributed by atoms with van der Waals surface area (Å²) >= 11 is 0. The number of primary amides is 1. The lowest BCUT2D eigenvalue weighted by molar-refractivity contribution is -0.138. The predicted molar refractivity (Wildman–Crippen MR) is 156 cm³/mol. The lowest BCUT2D eigenvalue weighted by Crippen LogP contribution is -2.32. The molecule has 0 radical (unpaired) electrons. The van der Waals surface area contributed by atoms with Crippen LogP contribution in [0, 0.1) is 30.0 Å². The summed E-state index contributed by atoms with van der Waals surface area (Å²) in [5, 5.41) is 17.2. The van der Waals surface area contributed by atoms with E-state index in [4.69, 9.17) is 15.6 Å². The van der Waals surface area contributed by atoms with Gasteiger partial charge in [0.15, 0.2) is 11.6 Å². The zero-order valence-corrected chi connectivity index (χ0v) is 24.2. The minimum absolute atomic E-state index is 0.0805. The molecule has 9 nitrogen and oxygen atoms in total. The van der Waals surface area contributed by atoms with Crippen molar-refractivity contribution in [2.45, 2.75) is 39.9 Å². The molecule has 0 saturated heterocycles. The molecule has 5 rings (SSSR count). The van der Waals surface area contributed by atoms with Crippen LogP contribution in [-0.2, 0) is 19.1 Å². The van der Waals surface area contributed by atoms with E-state index < -0.39 is 23.6 Å². The molecule has 0 atom stereocenters. The van der Waals surface area contributed by atoms with Crippen molar-refractivity contribution in [3.8, 4) is 28.8 Å². The third kappa shape index (κ3) is 6.01. The number of nitriles is 1. The lowest BCUT2D eigenvalue weighted by atomic mass is 9.98. The molecule has 228 valence electrons. The average Bonchev–Trinajstić information content (AvgIpc) is 3.33. The number of halogens is 4. The van der Waals surface area contributed by atoms with Gasteiger partial charge in [-0.15, -0.1) is 0 Å². The van der Waals surface area contributed by atoms with Gasteiger partial charge in [-0.25, -0.2) is 18.9 Å². The number of amides is 2. The first kappa shape index (κ1) is 30.3. The Labute approximate surface area is 250 Å². The molecule has 13 heteroatoms. The molecule has 0 bridgehead atoms. The van der Waals surface area contributed by atoms with Gasteiger partial charge in [-0.2, -0.15) is 23.5 Å². The van der Waals surface area contributed by atoms with Gasteiger partial charge in [-0.3, -0.25) is 0 Å². The van der Waals surface area contributed by atoms with E-state index in [2.05, 4.69) is 16.4 Å². The van der Waals surface area contributed by atoms with Crippen LogP contribution in [0.1, 0.15) is 41.8 Å². The van der Waals surface area contributed by atoms with Crippen LogP contribution >= 0.6 is 0 Å². The smallest absolute Gasteiger partial charge is 0.417 e. The van der Waals surface area contributed by atoms with E-state index in [1.54, 1.807) is 27.8 Å². The van der Waals surface area contributed by atoms with Crippen molar-refractivity contribution in [1.82, 2.24) is 14.8 Å². The number of pyridine rings is 1. The number of aromatic nitrogens is 3. The first-order valence-corrected chi connectivity index (χ1v) is 13.8. The molecule has 2 aromatic heterocycles. The van der Waals surface area contributed by atoms with Crippen molar-refractivity contribution >= 4 is 17.5 Å². The van der Waals surface area contributed by atoms with Gasteiger partial charge < -0.3 is 20.7 Å². The van der Waals surface area contributed by atoms with E-state index in [-0.39, 0.29) is 36.1 Å². The van der Waals surface area contributed by atoms with Crippen LogP contribution in [0.5, 0.6) is 5.75 Å². The molecular weight excluding hydrogens is 578 g/mol. The van der Waals surface area contributed by atoms with Crippen LogP contribution in [0.2, 0.25) is 0 Å². The molecule has 2 amide bonds. The Hall–Kier alpha value is -5.12. The number of benzene rings is 2. The Kier molecular flexibility index (Phi) is 8.19. The summed E-state index contributed by atoms with van der Waals surface area (Å²) in [5.74, 6) is -0.469. The number of rotatable bonds is 7. The molecule has 3 N–H and O–H groups in total. The van der Waals surface area contributed by atoms with Gasteiger partial charge >= 0.3 is 12.2 Å². The van der Waals surface area contributed by atoms with Crippen LogP contribution in [0.15, 0.2) is 48.7 Å². The van der Waals surface area contributed by atoms with E-state index >= 15 is 4.39 Å². The van der Waals surface area contributed by atoms with Crippen LogP contribution in [0.4, 0.5) is 33.9 Å². The van der Waals surface area contributed by atoms with Crippen LogP contribution < -0.4 is 20.7 Å². The molecule has 1 aliphatic rings. The molecule has 0 fully saturated rings. The van der Waals surface area contributed by atoms with E-state index in [9.17, 15) is 23.2 Å². The van der Waals surface area contributed by atoms with E-state index in [1.165, 1.54) is 0 Å². The molecule has 0 unspecified atom stereocenters. The molecule has 0 saturated carbocycles. The quantitative estimate of drug-likeness (QED) is 0.236. The Morgan fingerprint density at radius 2 is 2.00 bits per heavy atom. The van der Waals surface area contributed by atoms with Crippen molar-refractivity contribution in [3.05, 3.63) is 82.4 Å². The van der Waals surface area contributed by atoms with E-state index in [1.807, 2.05) is 39.0 Å². The number of alkyl halides is 3. The zero-order valence-electron chi connectivity index (χ0n) is 24.2. The monoisotopic (exact) mass is 607 g/mol. The first-order valence-electron chi connectivity index (χ1n) is 13.8. The number of nitrogens with one attached hydrogen (secondary N) is 1. The van der Waals surface area contributed by atoms with Gasteiger partial charge in [-0.1, -0.05) is 32.0 Å². The number of aryl methyl sites for hydroxylation is 1. The topological polar surface area (TPSA) is 122 Å². The first-order chi connectivity index (χ1) is 20.9. The van der Waals surface area contributed by atoms with Crippen molar-refractivity contribution in [1.29, 1.82) is 5.26 Å². The average molecular weight is 608 g/mol. The molecule has 4 aromatic rings. The summed E-state index contributed by atoms with van der Waals surface area (Å²) in [4.78, 5) is 16.9. The minimum Gasteiger partial charge on any atom is -0.491 e. The van der Waals surface area contributed by atoms with Gasteiger partial charge in [-0.05, 0) is 42.7 Å². The number of urea groups is 1. The zero-order chi connectivity index (χ0) is 31.8. The van der Waals surface area contributed by atoms with Crippen molar-refractivity contribution in [3.63, 3.8) is 0 Å². The minimum atomic E-state index is -4.73. The normalized spacial score (nSPS) is 13.0. The van der Waals surface area contributed by atoms with Crippen LogP contribution in [0.3, 0.4) is 0 Å². The Morgan fingerprint density at radius 3 is 2.66 bits per heavy atom. The molecule has 1 aliphatic heterocycles. The Morgan fingerprint density at radius 1 is 1.23 bits per heavy atom. The van der Waals surface area contributed by atoms with Gasteiger partial charge in [0, 0.05) is 36.8 Å². The highest BCUT2D eigenvalue weighted by molar-refractivity contribution is 5.90. The van der Waals surface area contributed by atoms with Crippen LogP contribution in [0.25, 0.3) is 16.9 Å². The van der Waals surface area contributed by atoms with Crippen molar-refractivity contribution in [2.75, 3.05) is 23.4 Å². The maximum absolute atomic E-state index is 15.0. The SMILES string of the molecule is Cc1cccc(OCC(C)C)c1-n1nc2c(c1-c1ccc(NC(N)=O)c(C#N)c1)CN(c1ncc(C(F)(F)F)cc1F)CC2. The second kappa shape index (κ2) is 11.9. The third-order valence-electron chi connectivity index (χ3n) is 7.14. The Balaban J connectivity index is 1.68. The number of nitrogens with zero attached hydrogens (tertiary/aromatic N) is 5. The number of fused-ring (bicyclic) bond motifs is 1. The highest BCUT2D eigenvalue weighted by Crippen LogP contribution is 2.39. The van der Waals surface area contributed by atoms with Crippen LogP contribution in [-0.4, -0.2) is 33.9 Å². The number of para-hydroxylation sites is 1. The third-order valence-corrected chi connectivity index (χ3v) is 7.14. The molecule has 3 heterocycles. The summed E-state index contributed by atoms with van der Waals surface area (Å²) in [5.41, 5.74) is 8.50. The predicted octanol–water partition coefficient (Wildman–Crippen LogP) is 6.36. The van der Waals surface area contributed by atoms with Crippen molar-refractivity contribution in [2.24, 2.45) is 11.7 Å². The molecule has 0 aliphatic carbocycles. The second-order valence-corrected chi connectivity index (χ2v) is 10.9. The summed E-state index contributed by atoms with van der Waals surface area (Å²) in [6, 6.07) is 12.1. The fraction of sp³-hybridized carbons (Fsp3) is 0.290. The number of carbonyl (C=O) groups excluding carboxylic acids is 1. The van der Waals surface area contributed by atoms with Gasteiger partial charge in [0.2, 0.25) is 0 Å². The van der Waals surface area contributed by atoms with Gasteiger partial charge in [0.25, 0.3) is 0 Å². The number of carbonyl (C=O) groups is 1. The fourth-order valence-electron chi connectivity index (χ4n) is 5.13. The highest BCUT2D eigenvalue weighted by Gasteiger charge is 2.34. The van der Waals surface area contributed by atoms with E-state index in [0.717, 1.165) is 5.56 Å². The maximum atomic E-state index is 15.0. The number of hydrogen-bond acceptors (Lipinski definition) is 6. The summed E-state index contributed by atoms with van der Waals surface area (Å²) < 4.78 is 62.4. The number of ether oxygens (including phenoxy) is 1. The highest BCUT2D eigenvalue weighted by atomic mass is 19.4. The number of hydrogen-bond donors (Lipinski definition) is 2. The standard InChI is InChI=1S/C31H29F4N7O2/c1-17(2)16-44-26-6-4-5-18(3)27(26)42-28(19-7-8-24(39-30(37)43)20(11-19)13-36)22-15-41(10-9-25(22)40-42)29-23(32)12-21(14-38-29)31(33,34)35/h4-8,11-12,14,17H,9-10,15-16H2,1-3H3,(H3,37,39,43). The molecule has 44 heavy (non-hydrogen) atoms. The number of nitrogens with two attached hydrogens (primary N) is 1.